The first-order valence-electron chi connectivity index (χ1n) is 3.78. The van der Waals surface area contributed by atoms with Gasteiger partial charge in [-0.15, -0.1) is 11.6 Å². The van der Waals surface area contributed by atoms with Crippen LogP contribution in [0.2, 0.25) is 0 Å². The molecule has 0 saturated heterocycles. The van der Waals surface area contributed by atoms with E-state index in [4.69, 9.17) is 11.6 Å². The van der Waals surface area contributed by atoms with Crippen molar-refractivity contribution in [2.45, 2.75) is 18.5 Å². The summed E-state index contributed by atoms with van der Waals surface area (Å²) in [6.07, 6.45) is -4.41. The molecule has 0 amide bonds. The Kier molecular flexibility index (Phi) is 3.48. The molecule has 78 valence electrons. The fourth-order valence-electron chi connectivity index (χ4n) is 1.10. The van der Waals surface area contributed by atoms with Crippen molar-refractivity contribution >= 4 is 27.5 Å². The average Bonchev–Trinajstić information content (AvgIpc) is 1.99. The van der Waals surface area contributed by atoms with E-state index in [1.54, 1.807) is 13.0 Å². The Morgan fingerprint density at radius 2 is 1.86 bits per heavy atom. The average molecular weight is 288 g/mol. The fraction of sp³-hybridized carbons (Fsp3) is 0.333. The van der Waals surface area contributed by atoms with Gasteiger partial charge in [-0.05, 0) is 30.2 Å². The van der Waals surface area contributed by atoms with Gasteiger partial charge in [-0.25, -0.2) is 0 Å². The molecule has 0 N–H and O–H groups in total. The number of hydrogen-bond acceptors (Lipinski definition) is 0. The van der Waals surface area contributed by atoms with Gasteiger partial charge >= 0.3 is 6.18 Å². The second kappa shape index (κ2) is 4.11. The third-order valence-electron chi connectivity index (χ3n) is 1.64. The van der Waals surface area contributed by atoms with Crippen LogP contribution in [0.4, 0.5) is 13.2 Å². The van der Waals surface area contributed by atoms with Crippen molar-refractivity contribution in [1.29, 1.82) is 0 Å². The fourth-order valence-corrected chi connectivity index (χ4v) is 1.85. The number of alkyl halides is 4. The molecule has 0 nitrogen and oxygen atoms in total. The smallest absolute Gasteiger partial charge is 0.169 e. The van der Waals surface area contributed by atoms with E-state index in [-0.39, 0.29) is 5.56 Å². The molecule has 0 aliphatic heterocycles. The standard InChI is InChI=1S/C9H7BrClF3/c1-5-2-6(4-7(10)3-5)8(11)9(12,13)14/h2-4,8H,1H3. The van der Waals surface area contributed by atoms with Crippen LogP contribution in [-0.2, 0) is 0 Å². The van der Waals surface area contributed by atoms with Gasteiger partial charge < -0.3 is 0 Å². The Balaban J connectivity index is 3.07. The lowest BCUT2D eigenvalue weighted by molar-refractivity contribution is -0.131. The summed E-state index contributed by atoms with van der Waals surface area (Å²) in [4.78, 5) is 0. The van der Waals surface area contributed by atoms with Crippen molar-refractivity contribution in [3.63, 3.8) is 0 Å². The van der Waals surface area contributed by atoms with E-state index in [2.05, 4.69) is 15.9 Å². The molecule has 0 fully saturated rings. The highest BCUT2D eigenvalue weighted by molar-refractivity contribution is 9.10. The predicted octanol–water partition coefficient (Wildman–Crippen LogP) is 4.60. The zero-order chi connectivity index (χ0) is 10.9. The normalized spacial score (nSPS) is 14.1. The summed E-state index contributed by atoms with van der Waals surface area (Å²) in [6.45, 7) is 1.72. The molecular weight excluding hydrogens is 280 g/mol. The topological polar surface area (TPSA) is 0 Å². The lowest BCUT2D eigenvalue weighted by atomic mass is 10.1. The second-order valence-electron chi connectivity index (χ2n) is 2.97. The van der Waals surface area contributed by atoms with Crippen LogP contribution >= 0.6 is 27.5 Å². The van der Waals surface area contributed by atoms with Crippen LogP contribution in [0.25, 0.3) is 0 Å². The van der Waals surface area contributed by atoms with E-state index in [1.165, 1.54) is 12.1 Å². The van der Waals surface area contributed by atoms with Gasteiger partial charge in [0.05, 0.1) is 0 Å². The monoisotopic (exact) mass is 286 g/mol. The molecule has 0 aliphatic carbocycles. The Morgan fingerprint density at radius 1 is 1.29 bits per heavy atom. The molecule has 0 aliphatic rings. The molecule has 0 aromatic heterocycles. The van der Waals surface area contributed by atoms with E-state index in [9.17, 15) is 13.2 Å². The van der Waals surface area contributed by atoms with Crippen LogP contribution in [0.5, 0.6) is 0 Å². The molecule has 0 heterocycles. The van der Waals surface area contributed by atoms with Crippen LogP contribution < -0.4 is 0 Å². The van der Waals surface area contributed by atoms with Crippen LogP contribution in [0.15, 0.2) is 22.7 Å². The molecule has 1 aromatic rings. The first-order chi connectivity index (χ1) is 6.30. The number of halogens is 5. The van der Waals surface area contributed by atoms with Gasteiger partial charge in [0.25, 0.3) is 0 Å². The van der Waals surface area contributed by atoms with E-state index >= 15 is 0 Å². The molecule has 0 saturated carbocycles. The van der Waals surface area contributed by atoms with Crippen LogP contribution in [0.3, 0.4) is 0 Å². The Hall–Kier alpha value is -0.220. The van der Waals surface area contributed by atoms with Crippen LogP contribution in [-0.4, -0.2) is 6.18 Å². The third kappa shape index (κ3) is 2.89. The van der Waals surface area contributed by atoms with Crippen LogP contribution in [0.1, 0.15) is 16.5 Å². The van der Waals surface area contributed by atoms with E-state index in [0.717, 1.165) is 5.56 Å². The summed E-state index contributed by atoms with van der Waals surface area (Å²) >= 11 is 8.40. The maximum Gasteiger partial charge on any atom is 0.408 e. The Morgan fingerprint density at radius 3 is 2.29 bits per heavy atom. The number of hydrogen-bond donors (Lipinski definition) is 0. The summed E-state index contributed by atoms with van der Waals surface area (Å²) in [6, 6.07) is 4.53. The summed E-state index contributed by atoms with van der Waals surface area (Å²) in [5.41, 5.74) is 0.801. The summed E-state index contributed by atoms with van der Waals surface area (Å²) < 4.78 is 37.4. The second-order valence-corrected chi connectivity index (χ2v) is 4.32. The molecule has 0 radical (unpaired) electrons. The maximum absolute atomic E-state index is 12.3. The van der Waals surface area contributed by atoms with Crippen molar-refractivity contribution in [3.8, 4) is 0 Å². The van der Waals surface area contributed by atoms with Gasteiger partial charge in [0, 0.05) is 4.47 Å². The van der Waals surface area contributed by atoms with Crippen molar-refractivity contribution in [3.05, 3.63) is 33.8 Å². The summed E-state index contributed by atoms with van der Waals surface area (Å²) in [7, 11) is 0. The lowest BCUT2D eigenvalue weighted by Gasteiger charge is -2.14. The van der Waals surface area contributed by atoms with E-state index in [0.29, 0.717) is 4.47 Å². The Labute approximate surface area is 93.2 Å². The molecule has 5 heteroatoms. The largest absolute Gasteiger partial charge is 0.408 e. The van der Waals surface area contributed by atoms with Crippen molar-refractivity contribution < 1.29 is 13.2 Å². The highest BCUT2D eigenvalue weighted by atomic mass is 79.9. The molecule has 1 atom stereocenters. The number of aryl methyl sites for hydroxylation is 1. The highest BCUT2D eigenvalue weighted by Crippen LogP contribution is 2.39. The van der Waals surface area contributed by atoms with Crippen LogP contribution in [0, 0.1) is 6.92 Å². The molecule has 1 aromatic carbocycles. The Bertz CT molecular complexity index is 315. The number of benzene rings is 1. The predicted molar refractivity (Wildman–Crippen MR) is 53.5 cm³/mol. The maximum atomic E-state index is 12.3. The zero-order valence-corrected chi connectivity index (χ0v) is 9.54. The van der Waals surface area contributed by atoms with Gasteiger partial charge in [0.15, 0.2) is 5.38 Å². The van der Waals surface area contributed by atoms with E-state index < -0.39 is 11.6 Å². The van der Waals surface area contributed by atoms with Crippen molar-refractivity contribution in [2.24, 2.45) is 0 Å². The zero-order valence-electron chi connectivity index (χ0n) is 7.20. The van der Waals surface area contributed by atoms with Gasteiger partial charge in [0.2, 0.25) is 0 Å². The summed E-state index contributed by atoms with van der Waals surface area (Å²) in [5.74, 6) is 0. The molecule has 0 spiro atoms. The molecule has 1 rings (SSSR count). The minimum Gasteiger partial charge on any atom is -0.169 e. The molecule has 14 heavy (non-hydrogen) atoms. The van der Waals surface area contributed by atoms with Gasteiger partial charge in [-0.3, -0.25) is 0 Å². The third-order valence-corrected chi connectivity index (χ3v) is 2.60. The van der Waals surface area contributed by atoms with Gasteiger partial charge in [0.1, 0.15) is 0 Å². The molecule has 1 unspecified atom stereocenters. The van der Waals surface area contributed by atoms with E-state index in [1.807, 2.05) is 0 Å². The van der Waals surface area contributed by atoms with Gasteiger partial charge in [-0.2, -0.15) is 13.2 Å². The number of rotatable bonds is 1. The highest BCUT2D eigenvalue weighted by Gasteiger charge is 2.39. The summed E-state index contributed by atoms with van der Waals surface area (Å²) in [5, 5.41) is -1.95. The minimum absolute atomic E-state index is 0.0611. The molecule has 0 bridgehead atoms. The first-order valence-corrected chi connectivity index (χ1v) is 5.01. The SMILES string of the molecule is Cc1cc(Br)cc(C(Cl)C(F)(F)F)c1. The quantitative estimate of drug-likeness (QED) is 0.662. The lowest BCUT2D eigenvalue weighted by Crippen LogP contribution is -2.15. The van der Waals surface area contributed by atoms with Gasteiger partial charge in [-0.1, -0.05) is 22.0 Å². The van der Waals surface area contributed by atoms with Crippen molar-refractivity contribution in [1.82, 2.24) is 0 Å². The minimum atomic E-state index is -4.41. The van der Waals surface area contributed by atoms with Crippen molar-refractivity contribution in [2.75, 3.05) is 0 Å². The molecular formula is C9H7BrClF3. The first kappa shape index (κ1) is 11.9.